The van der Waals surface area contributed by atoms with E-state index in [1.165, 1.54) is 0 Å². The Bertz CT molecular complexity index is 476. The Morgan fingerprint density at radius 3 is 2.93 bits per heavy atom. The standard InChI is InChI=1S/C11H15N3O/c1-8-10-4-3-9(15-2)7-11(10)13-14(8)6-5-12/h3-4,7H,5-6,12H2,1-2H3. The van der Waals surface area contributed by atoms with Crippen molar-refractivity contribution in [3.63, 3.8) is 0 Å². The lowest BCUT2D eigenvalue weighted by Crippen LogP contribution is -2.11. The summed E-state index contributed by atoms with van der Waals surface area (Å²) < 4.78 is 7.09. The van der Waals surface area contributed by atoms with Crippen LogP contribution in [0.15, 0.2) is 18.2 Å². The highest BCUT2D eigenvalue weighted by Gasteiger charge is 2.07. The molecule has 1 heterocycles. The Morgan fingerprint density at radius 1 is 1.47 bits per heavy atom. The van der Waals surface area contributed by atoms with E-state index >= 15 is 0 Å². The van der Waals surface area contributed by atoms with Gasteiger partial charge in [0, 0.05) is 23.7 Å². The minimum Gasteiger partial charge on any atom is -0.497 e. The number of nitrogens with zero attached hydrogens (tertiary/aromatic N) is 2. The number of ether oxygens (including phenoxy) is 1. The van der Waals surface area contributed by atoms with Crippen LogP contribution in [0, 0.1) is 6.92 Å². The molecule has 4 heteroatoms. The summed E-state index contributed by atoms with van der Waals surface area (Å²) in [5.41, 5.74) is 7.63. The third kappa shape index (κ3) is 1.68. The van der Waals surface area contributed by atoms with E-state index in [1.54, 1.807) is 7.11 Å². The number of aryl methyl sites for hydroxylation is 1. The Morgan fingerprint density at radius 2 is 2.27 bits per heavy atom. The van der Waals surface area contributed by atoms with Crippen LogP contribution in [0.4, 0.5) is 0 Å². The van der Waals surface area contributed by atoms with Crippen molar-refractivity contribution in [2.45, 2.75) is 13.5 Å². The summed E-state index contributed by atoms with van der Waals surface area (Å²) in [6, 6.07) is 5.92. The molecule has 0 spiro atoms. The van der Waals surface area contributed by atoms with Crippen molar-refractivity contribution in [2.75, 3.05) is 13.7 Å². The first-order chi connectivity index (χ1) is 7.26. The van der Waals surface area contributed by atoms with Gasteiger partial charge >= 0.3 is 0 Å². The minimum absolute atomic E-state index is 0.603. The average Bonchev–Trinajstić information content (AvgIpc) is 2.56. The van der Waals surface area contributed by atoms with Gasteiger partial charge in [-0.25, -0.2) is 0 Å². The van der Waals surface area contributed by atoms with Gasteiger partial charge in [0.05, 0.1) is 19.2 Å². The number of fused-ring (bicyclic) bond motifs is 1. The highest BCUT2D eigenvalue weighted by Crippen LogP contribution is 2.22. The summed E-state index contributed by atoms with van der Waals surface area (Å²) in [6.45, 7) is 3.41. The summed E-state index contributed by atoms with van der Waals surface area (Å²) in [7, 11) is 1.66. The number of hydrogen-bond acceptors (Lipinski definition) is 3. The third-order valence-electron chi connectivity index (χ3n) is 2.55. The van der Waals surface area contributed by atoms with Gasteiger partial charge in [0.1, 0.15) is 5.75 Å². The van der Waals surface area contributed by atoms with Gasteiger partial charge in [0.2, 0.25) is 0 Å². The number of benzene rings is 1. The van der Waals surface area contributed by atoms with Crippen LogP contribution < -0.4 is 10.5 Å². The number of methoxy groups -OCH3 is 1. The van der Waals surface area contributed by atoms with Gasteiger partial charge in [-0.15, -0.1) is 0 Å². The topological polar surface area (TPSA) is 53.1 Å². The van der Waals surface area contributed by atoms with Gasteiger partial charge in [0.25, 0.3) is 0 Å². The highest BCUT2D eigenvalue weighted by atomic mass is 16.5. The van der Waals surface area contributed by atoms with Crippen LogP contribution in [0.25, 0.3) is 10.9 Å². The quantitative estimate of drug-likeness (QED) is 0.822. The second kappa shape index (κ2) is 3.90. The van der Waals surface area contributed by atoms with Gasteiger partial charge in [-0.1, -0.05) is 0 Å². The monoisotopic (exact) mass is 205 g/mol. The molecule has 0 saturated carbocycles. The van der Waals surface area contributed by atoms with Crippen LogP contribution in [-0.4, -0.2) is 23.4 Å². The molecule has 4 nitrogen and oxygen atoms in total. The first kappa shape index (κ1) is 9.98. The van der Waals surface area contributed by atoms with Crippen molar-refractivity contribution in [1.29, 1.82) is 0 Å². The number of hydrogen-bond donors (Lipinski definition) is 1. The van der Waals surface area contributed by atoms with Crippen LogP contribution in [0.1, 0.15) is 5.69 Å². The molecule has 80 valence electrons. The van der Waals surface area contributed by atoms with Crippen molar-refractivity contribution in [1.82, 2.24) is 9.78 Å². The van der Waals surface area contributed by atoms with E-state index in [9.17, 15) is 0 Å². The van der Waals surface area contributed by atoms with Gasteiger partial charge in [-0.3, -0.25) is 4.68 Å². The molecule has 2 rings (SSSR count). The van der Waals surface area contributed by atoms with E-state index in [0.29, 0.717) is 6.54 Å². The maximum atomic E-state index is 5.52. The fraction of sp³-hybridized carbons (Fsp3) is 0.364. The molecule has 0 bridgehead atoms. The van der Waals surface area contributed by atoms with Crippen molar-refractivity contribution < 1.29 is 4.74 Å². The zero-order chi connectivity index (χ0) is 10.8. The zero-order valence-corrected chi connectivity index (χ0v) is 9.03. The molecule has 1 aromatic heterocycles. The zero-order valence-electron chi connectivity index (χ0n) is 9.03. The second-order valence-electron chi connectivity index (χ2n) is 3.48. The molecule has 2 N–H and O–H groups in total. The van der Waals surface area contributed by atoms with Crippen LogP contribution in [0.5, 0.6) is 5.75 Å². The molecule has 0 aliphatic rings. The van der Waals surface area contributed by atoms with Gasteiger partial charge in [-0.2, -0.15) is 5.10 Å². The Balaban J connectivity index is 2.55. The summed E-state index contributed by atoms with van der Waals surface area (Å²) in [5, 5.41) is 5.62. The van der Waals surface area contributed by atoms with Crippen LogP contribution >= 0.6 is 0 Å². The molecule has 0 fully saturated rings. The lowest BCUT2D eigenvalue weighted by Gasteiger charge is -1.99. The first-order valence-electron chi connectivity index (χ1n) is 4.97. The average molecular weight is 205 g/mol. The van der Waals surface area contributed by atoms with Gasteiger partial charge in [-0.05, 0) is 19.1 Å². The van der Waals surface area contributed by atoms with Crippen LogP contribution in [0.2, 0.25) is 0 Å². The highest BCUT2D eigenvalue weighted by molar-refractivity contribution is 5.82. The summed E-state index contributed by atoms with van der Waals surface area (Å²) in [4.78, 5) is 0. The fourth-order valence-electron chi connectivity index (χ4n) is 1.71. The van der Waals surface area contributed by atoms with Crippen molar-refractivity contribution in [2.24, 2.45) is 5.73 Å². The fourth-order valence-corrected chi connectivity index (χ4v) is 1.71. The molecule has 0 unspecified atom stereocenters. The maximum Gasteiger partial charge on any atom is 0.121 e. The van der Waals surface area contributed by atoms with Gasteiger partial charge in [0.15, 0.2) is 0 Å². The lowest BCUT2D eigenvalue weighted by molar-refractivity contribution is 0.415. The summed E-state index contributed by atoms with van der Waals surface area (Å²) >= 11 is 0. The largest absolute Gasteiger partial charge is 0.497 e. The molecule has 15 heavy (non-hydrogen) atoms. The van der Waals surface area contributed by atoms with Crippen molar-refractivity contribution >= 4 is 10.9 Å². The maximum absolute atomic E-state index is 5.52. The van der Waals surface area contributed by atoms with E-state index < -0.39 is 0 Å². The molecule has 0 amide bonds. The first-order valence-corrected chi connectivity index (χ1v) is 4.97. The van der Waals surface area contributed by atoms with E-state index in [4.69, 9.17) is 10.5 Å². The smallest absolute Gasteiger partial charge is 0.121 e. The second-order valence-corrected chi connectivity index (χ2v) is 3.48. The van der Waals surface area contributed by atoms with Crippen molar-refractivity contribution in [3.8, 4) is 5.75 Å². The van der Waals surface area contributed by atoms with E-state index in [2.05, 4.69) is 12.0 Å². The van der Waals surface area contributed by atoms with E-state index in [-0.39, 0.29) is 0 Å². The summed E-state index contributed by atoms with van der Waals surface area (Å²) in [6.07, 6.45) is 0. The third-order valence-corrected chi connectivity index (χ3v) is 2.55. The lowest BCUT2D eigenvalue weighted by atomic mass is 10.2. The molecular weight excluding hydrogens is 190 g/mol. The molecule has 0 atom stereocenters. The molecule has 2 aromatic rings. The molecule has 1 aromatic carbocycles. The minimum atomic E-state index is 0.603. The van der Waals surface area contributed by atoms with E-state index in [1.807, 2.05) is 22.9 Å². The summed E-state index contributed by atoms with van der Waals surface area (Å²) in [5.74, 6) is 0.833. The van der Waals surface area contributed by atoms with Gasteiger partial charge < -0.3 is 10.5 Å². The normalized spacial score (nSPS) is 10.9. The predicted molar refractivity (Wildman–Crippen MR) is 60.1 cm³/mol. The van der Waals surface area contributed by atoms with Crippen LogP contribution in [-0.2, 0) is 6.54 Å². The molecule has 0 aliphatic carbocycles. The molecule has 0 radical (unpaired) electrons. The molecular formula is C11H15N3O. The number of aromatic nitrogens is 2. The van der Waals surface area contributed by atoms with E-state index in [0.717, 1.165) is 28.9 Å². The number of nitrogens with two attached hydrogens (primary N) is 1. The number of rotatable bonds is 3. The van der Waals surface area contributed by atoms with Crippen LogP contribution in [0.3, 0.4) is 0 Å². The molecule has 0 aliphatic heterocycles. The molecule has 0 saturated heterocycles. The Kier molecular flexibility index (Phi) is 2.60. The van der Waals surface area contributed by atoms with Crippen molar-refractivity contribution in [3.05, 3.63) is 23.9 Å². The SMILES string of the molecule is COc1ccc2c(C)n(CCN)nc2c1. The Labute approximate surface area is 88.6 Å². The Hall–Kier alpha value is -1.55. The predicted octanol–water partition coefficient (Wildman–Crippen LogP) is 1.31.